The van der Waals surface area contributed by atoms with Gasteiger partial charge in [0.1, 0.15) is 5.03 Å². The molecule has 1 aromatic heterocycles. The average molecular weight is 268 g/mol. The van der Waals surface area contributed by atoms with Crippen LogP contribution < -0.4 is 5.32 Å². The fraction of sp³-hybridized carbons (Fsp3) is 0.417. The van der Waals surface area contributed by atoms with Crippen LogP contribution in [0.2, 0.25) is 0 Å². The van der Waals surface area contributed by atoms with Gasteiger partial charge in [0.25, 0.3) is 5.91 Å². The highest BCUT2D eigenvalue weighted by atomic mass is 32.2. The van der Waals surface area contributed by atoms with Gasteiger partial charge in [-0.1, -0.05) is 0 Å². The average Bonchev–Trinajstić information content (AvgIpc) is 2.35. The van der Waals surface area contributed by atoms with Gasteiger partial charge in [0, 0.05) is 12.7 Å². The summed E-state index contributed by atoms with van der Waals surface area (Å²) in [7, 11) is 0. The van der Waals surface area contributed by atoms with Gasteiger partial charge in [-0.05, 0) is 32.2 Å². The Morgan fingerprint density at radius 3 is 2.72 bits per heavy atom. The maximum absolute atomic E-state index is 11.9. The predicted molar refractivity (Wildman–Crippen MR) is 69.8 cm³/mol. The summed E-state index contributed by atoms with van der Waals surface area (Å²) in [6, 6.07) is 3.35. The highest BCUT2D eigenvalue weighted by Gasteiger charge is 2.28. The van der Waals surface area contributed by atoms with E-state index in [-0.39, 0.29) is 12.5 Å². The maximum Gasteiger partial charge on any atom is 0.310 e. The van der Waals surface area contributed by atoms with Crippen LogP contribution in [0.3, 0.4) is 0 Å². The number of hydrogen-bond donors (Lipinski definition) is 2. The second-order valence-electron chi connectivity index (χ2n) is 4.43. The van der Waals surface area contributed by atoms with Crippen LogP contribution in [0.25, 0.3) is 0 Å². The van der Waals surface area contributed by atoms with Crippen molar-refractivity contribution in [3.8, 4) is 0 Å². The summed E-state index contributed by atoms with van der Waals surface area (Å²) in [6.45, 7) is 3.20. The molecule has 0 fully saturated rings. The van der Waals surface area contributed by atoms with Crippen LogP contribution >= 0.6 is 11.8 Å². The van der Waals surface area contributed by atoms with Gasteiger partial charge in [0.05, 0.1) is 11.0 Å². The molecule has 0 aliphatic carbocycles. The van der Waals surface area contributed by atoms with E-state index in [0.29, 0.717) is 10.6 Å². The van der Waals surface area contributed by atoms with E-state index in [2.05, 4.69) is 10.3 Å². The van der Waals surface area contributed by atoms with Crippen molar-refractivity contribution >= 4 is 23.6 Å². The molecule has 1 heterocycles. The third-order valence-electron chi connectivity index (χ3n) is 2.48. The van der Waals surface area contributed by atoms with E-state index in [4.69, 9.17) is 5.11 Å². The van der Waals surface area contributed by atoms with E-state index in [1.807, 2.05) is 6.26 Å². The van der Waals surface area contributed by atoms with Gasteiger partial charge in [0.15, 0.2) is 0 Å². The molecule has 5 nitrogen and oxygen atoms in total. The first-order valence-corrected chi connectivity index (χ1v) is 6.61. The molecule has 0 aliphatic heterocycles. The lowest BCUT2D eigenvalue weighted by Crippen LogP contribution is -2.39. The molecule has 18 heavy (non-hydrogen) atoms. The van der Waals surface area contributed by atoms with Gasteiger partial charge in [-0.25, -0.2) is 4.98 Å². The van der Waals surface area contributed by atoms with E-state index >= 15 is 0 Å². The van der Waals surface area contributed by atoms with E-state index in [1.165, 1.54) is 11.8 Å². The standard InChI is InChI=1S/C12H16N2O3S/c1-12(2,11(16)17)7-14-9(15)8-5-4-6-13-10(8)18-3/h4-6H,7H2,1-3H3,(H,14,15)(H,16,17). The van der Waals surface area contributed by atoms with Crippen LogP contribution in [-0.4, -0.2) is 34.8 Å². The van der Waals surface area contributed by atoms with Gasteiger partial charge >= 0.3 is 5.97 Å². The second kappa shape index (κ2) is 5.86. The molecule has 0 saturated carbocycles. The highest BCUT2D eigenvalue weighted by molar-refractivity contribution is 7.98. The molecule has 2 N–H and O–H groups in total. The number of pyridine rings is 1. The van der Waals surface area contributed by atoms with Crippen LogP contribution in [0.4, 0.5) is 0 Å². The molecule has 0 radical (unpaired) electrons. The van der Waals surface area contributed by atoms with Crippen LogP contribution in [0.15, 0.2) is 23.4 Å². The van der Waals surface area contributed by atoms with Crippen molar-refractivity contribution in [1.82, 2.24) is 10.3 Å². The molecule has 6 heteroatoms. The molecule has 0 bridgehead atoms. The van der Waals surface area contributed by atoms with Crippen LogP contribution in [0, 0.1) is 5.41 Å². The van der Waals surface area contributed by atoms with Crippen molar-refractivity contribution < 1.29 is 14.7 Å². The Hall–Kier alpha value is -1.56. The largest absolute Gasteiger partial charge is 0.481 e. The molecule has 98 valence electrons. The summed E-state index contributed by atoms with van der Waals surface area (Å²) in [4.78, 5) is 26.9. The SMILES string of the molecule is CSc1ncccc1C(=O)NCC(C)(C)C(=O)O. The molecule has 1 amide bonds. The lowest BCUT2D eigenvalue weighted by Gasteiger charge is -2.19. The van der Waals surface area contributed by atoms with Crippen molar-refractivity contribution in [2.24, 2.45) is 5.41 Å². The minimum atomic E-state index is -0.989. The third-order valence-corrected chi connectivity index (χ3v) is 3.19. The first-order chi connectivity index (χ1) is 8.38. The number of nitrogens with one attached hydrogen (secondary N) is 1. The Morgan fingerprint density at radius 1 is 1.50 bits per heavy atom. The number of carbonyl (C=O) groups excluding carboxylic acids is 1. The van der Waals surface area contributed by atoms with Gasteiger partial charge < -0.3 is 10.4 Å². The Labute approximate surface area is 110 Å². The first kappa shape index (κ1) is 14.5. The lowest BCUT2D eigenvalue weighted by atomic mass is 9.94. The zero-order chi connectivity index (χ0) is 13.8. The number of carboxylic acids is 1. The molecule has 0 aliphatic rings. The molecular weight excluding hydrogens is 252 g/mol. The molecule has 0 unspecified atom stereocenters. The summed E-state index contributed by atoms with van der Waals surface area (Å²) in [5, 5.41) is 12.2. The predicted octanol–water partition coefficient (Wildman–Crippen LogP) is 1.64. The number of amides is 1. The molecular formula is C12H16N2O3S. The van der Waals surface area contributed by atoms with Gasteiger partial charge in [0.2, 0.25) is 0 Å². The number of rotatable bonds is 5. The van der Waals surface area contributed by atoms with Crippen molar-refractivity contribution in [3.05, 3.63) is 23.9 Å². The Balaban J connectivity index is 2.75. The van der Waals surface area contributed by atoms with E-state index in [1.54, 1.807) is 32.2 Å². The van der Waals surface area contributed by atoms with Crippen molar-refractivity contribution in [2.45, 2.75) is 18.9 Å². The number of aromatic nitrogens is 1. The van der Waals surface area contributed by atoms with E-state index in [0.717, 1.165) is 0 Å². The number of nitrogens with zero attached hydrogens (tertiary/aromatic N) is 1. The van der Waals surface area contributed by atoms with Gasteiger partial charge in [-0.3, -0.25) is 9.59 Å². The van der Waals surface area contributed by atoms with Gasteiger partial charge in [-0.2, -0.15) is 0 Å². The lowest BCUT2D eigenvalue weighted by molar-refractivity contribution is -0.146. The molecule has 0 saturated heterocycles. The summed E-state index contributed by atoms with van der Waals surface area (Å²) in [5.74, 6) is -1.25. The quantitative estimate of drug-likeness (QED) is 0.794. The Morgan fingerprint density at radius 2 is 2.17 bits per heavy atom. The molecule has 1 rings (SSSR count). The number of hydrogen-bond acceptors (Lipinski definition) is 4. The zero-order valence-corrected chi connectivity index (χ0v) is 11.4. The van der Waals surface area contributed by atoms with E-state index < -0.39 is 11.4 Å². The normalized spacial score (nSPS) is 11.1. The monoisotopic (exact) mass is 268 g/mol. The van der Waals surface area contributed by atoms with E-state index in [9.17, 15) is 9.59 Å². The Bertz CT molecular complexity index is 460. The van der Waals surface area contributed by atoms with Crippen molar-refractivity contribution in [2.75, 3.05) is 12.8 Å². The van der Waals surface area contributed by atoms with Gasteiger partial charge in [-0.15, -0.1) is 11.8 Å². The second-order valence-corrected chi connectivity index (χ2v) is 5.23. The number of carboxylic acid groups (broad SMARTS) is 1. The fourth-order valence-corrected chi connectivity index (χ4v) is 1.75. The summed E-state index contributed by atoms with van der Waals surface area (Å²) in [5.41, 5.74) is -0.525. The number of aliphatic carboxylic acids is 1. The maximum atomic E-state index is 11.9. The number of carbonyl (C=O) groups is 2. The molecule has 0 atom stereocenters. The molecule has 0 aromatic carbocycles. The molecule has 1 aromatic rings. The molecule has 0 spiro atoms. The number of thioether (sulfide) groups is 1. The van der Waals surface area contributed by atoms with Crippen molar-refractivity contribution in [3.63, 3.8) is 0 Å². The summed E-state index contributed by atoms with van der Waals surface area (Å²) < 4.78 is 0. The van der Waals surface area contributed by atoms with Crippen LogP contribution in [-0.2, 0) is 4.79 Å². The topological polar surface area (TPSA) is 79.3 Å². The fourth-order valence-electron chi connectivity index (χ4n) is 1.20. The van der Waals surface area contributed by atoms with Crippen molar-refractivity contribution in [1.29, 1.82) is 0 Å². The highest BCUT2D eigenvalue weighted by Crippen LogP contribution is 2.18. The zero-order valence-electron chi connectivity index (χ0n) is 10.6. The summed E-state index contributed by atoms with van der Waals surface area (Å²) in [6.07, 6.45) is 3.45. The Kier molecular flexibility index (Phi) is 4.72. The third kappa shape index (κ3) is 3.46. The summed E-state index contributed by atoms with van der Waals surface area (Å²) >= 11 is 1.38. The van der Waals surface area contributed by atoms with Crippen LogP contribution in [0.5, 0.6) is 0 Å². The minimum absolute atomic E-state index is 0.0733. The smallest absolute Gasteiger partial charge is 0.310 e. The minimum Gasteiger partial charge on any atom is -0.481 e. The first-order valence-electron chi connectivity index (χ1n) is 5.39. The van der Waals surface area contributed by atoms with Crippen LogP contribution in [0.1, 0.15) is 24.2 Å².